The molecule has 1 N–H and O–H groups in total. The van der Waals surface area contributed by atoms with E-state index in [1.807, 2.05) is 0 Å². The summed E-state index contributed by atoms with van der Waals surface area (Å²) in [5, 5.41) is 8.80. The maximum Gasteiger partial charge on any atom is 0.188 e. The molecule has 18 heavy (non-hydrogen) atoms. The number of hydrogen-bond donors (Lipinski definition) is 1. The van der Waals surface area contributed by atoms with E-state index in [-0.39, 0.29) is 20.2 Å². The molecule has 1 rings (SSSR count). The smallest absolute Gasteiger partial charge is 0.188 e. The molecule has 0 saturated carbocycles. The molecule has 1 aromatic carbocycles. The van der Waals surface area contributed by atoms with Crippen LogP contribution in [0.15, 0.2) is 24.3 Å². The van der Waals surface area contributed by atoms with Crippen molar-refractivity contribution in [2.24, 2.45) is 0 Å². The minimum Gasteiger partial charge on any atom is -0.468 e. The lowest BCUT2D eigenvalue weighted by atomic mass is 10.1. The molecule has 0 amide bonds. The Morgan fingerprint density at radius 3 is 2.50 bits per heavy atom. The number of aliphatic hydroxyl groups excluding tert-OH is 1. The lowest BCUT2D eigenvalue weighted by Crippen LogP contribution is -2.02. The predicted octanol–water partition coefficient (Wildman–Crippen LogP) is 1.66. The van der Waals surface area contributed by atoms with E-state index in [2.05, 4.69) is 0 Å². The van der Waals surface area contributed by atoms with E-state index in [0.29, 0.717) is 11.5 Å². The van der Waals surface area contributed by atoms with E-state index in [4.69, 9.17) is 24.1 Å². The third-order valence-electron chi connectivity index (χ3n) is 2.06. The summed E-state index contributed by atoms with van der Waals surface area (Å²) >= 11 is 0. The molecule has 0 aromatic heterocycles. The summed E-state index contributed by atoms with van der Waals surface area (Å²) in [6.45, 7) is 0.312. The average Bonchev–Trinajstić information content (AvgIpc) is 2.41. The Hall–Kier alpha value is -1.56. The normalized spacial score (nSPS) is 10.8. The molecule has 0 aliphatic heterocycles. The highest BCUT2D eigenvalue weighted by Crippen LogP contribution is 2.25. The molecule has 0 fully saturated rings. The van der Waals surface area contributed by atoms with Crippen molar-refractivity contribution in [3.63, 3.8) is 0 Å². The van der Waals surface area contributed by atoms with Crippen molar-refractivity contribution in [3.05, 3.63) is 29.8 Å². The van der Waals surface area contributed by atoms with Gasteiger partial charge >= 0.3 is 0 Å². The second-order valence-electron chi connectivity index (χ2n) is 3.39. The fourth-order valence-corrected chi connectivity index (χ4v) is 1.31. The molecule has 0 spiro atoms. The maximum atomic E-state index is 8.80. The Labute approximate surface area is 107 Å². The van der Waals surface area contributed by atoms with E-state index < -0.39 is 0 Å². The number of hydrogen-bond acceptors (Lipinski definition) is 5. The van der Waals surface area contributed by atoms with Gasteiger partial charge in [-0.1, -0.05) is 12.2 Å². The van der Waals surface area contributed by atoms with Gasteiger partial charge in [-0.15, -0.1) is 0 Å². The van der Waals surface area contributed by atoms with Gasteiger partial charge in [0, 0.05) is 19.8 Å². The molecule has 0 aliphatic carbocycles. The topological polar surface area (TPSA) is 57.2 Å². The van der Waals surface area contributed by atoms with E-state index in [0.717, 1.165) is 5.56 Å². The Bertz CT molecular complexity index is 376. The summed E-state index contributed by atoms with van der Waals surface area (Å²) in [5.74, 6) is 1.32. The van der Waals surface area contributed by atoms with Crippen LogP contribution >= 0.6 is 0 Å². The van der Waals surface area contributed by atoms with Crippen LogP contribution in [0.5, 0.6) is 11.5 Å². The Balaban J connectivity index is 2.85. The van der Waals surface area contributed by atoms with Crippen LogP contribution in [0.2, 0.25) is 0 Å². The lowest BCUT2D eigenvalue weighted by Gasteiger charge is -2.11. The zero-order valence-corrected chi connectivity index (χ0v) is 10.6. The van der Waals surface area contributed by atoms with Crippen LogP contribution in [0.25, 0.3) is 6.08 Å². The Kier molecular flexibility index (Phi) is 6.86. The SMILES string of the molecule is COCOc1ccc(OCOC)c(/C=C/CO)c1. The summed E-state index contributed by atoms with van der Waals surface area (Å²) in [6.07, 6.45) is 3.37. The number of aliphatic hydroxyl groups is 1. The molecule has 0 heterocycles. The van der Waals surface area contributed by atoms with Crippen LogP contribution in [0, 0.1) is 0 Å². The highest BCUT2D eigenvalue weighted by atomic mass is 16.7. The zero-order chi connectivity index (χ0) is 13.2. The van der Waals surface area contributed by atoms with Crippen LogP contribution in [0.4, 0.5) is 0 Å². The van der Waals surface area contributed by atoms with Crippen molar-refractivity contribution < 1.29 is 24.1 Å². The minimum atomic E-state index is -0.0348. The molecule has 0 radical (unpaired) electrons. The molecular weight excluding hydrogens is 236 g/mol. The van der Waals surface area contributed by atoms with Gasteiger partial charge in [0.1, 0.15) is 11.5 Å². The zero-order valence-electron chi connectivity index (χ0n) is 10.6. The van der Waals surface area contributed by atoms with Gasteiger partial charge in [0.25, 0.3) is 0 Å². The van der Waals surface area contributed by atoms with Crippen molar-refractivity contribution >= 4 is 6.08 Å². The van der Waals surface area contributed by atoms with E-state index in [1.54, 1.807) is 44.6 Å². The summed E-state index contributed by atoms with van der Waals surface area (Å²) < 4.78 is 20.4. The van der Waals surface area contributed by atoms with Crippen LogP contribution in [0.3, 0.4) is 0 Å². The highest BCUT2D eigenvalue weighted by molar-refractivity contribution is 5.59. The fourth-order valence-electron chi connectivity index (χ4n) is 1.31. The largest absolute Gasteiger partial charge is 0.468 e. The van der Waals surface area contributed by atoms with Crippen LogP contribution in [0.1, 0.15) is 5.56 Å². The third kappa shape index (κ3) is 4.75. The van der Waals surface area contributed by atoms with Crippen molar-refractivity contribution in [2.45, 2.75) is 0 Å². The summed E-state index contributed by atoms with van der Waals surface area (Å²) in [6, 6.07) is 5.36. The lowest BCUT2D eigenvalue weighted by molar-refractivity contribution is 0.0482. The van der Waals surface area contributed by atoms with Gasteiger partial charge in [-0.2, -0.15) is 0 Å². The van der Waals surface area contributed by atoms with Crippen LogP contribution in [-0.4, -0.2) is 39.5 Å². The van der Waals surface area contributed by atoms with E-state index in [1.165, 1.54) is 0 Å². The molecule has 5 heteroatoms. The van der Waals surface area contributed by atoms with Gasteiger partial charge in [0.05, 0.1) is 6.61 Å². The van der Waals surface area contributed by atoms with E-state index in [9.17, 15) is 0 Å². The first kappa shape index (κ1) is 14.5. The Morgan fingerprint density at radius 1 is 1.11 bits per heavy atom. The van der Waals surface area contributed by atoms with Gasteiger partial charge in [0.2, 0.25) is 0 Å². The van der Waals surface area contributed by atoms with Crippen molar-refractivity contribution in [2.75, 3.05) is 34.4 Å². The number of ether oxygens (including phenoxy) is 4. The molecule has 1 aromatic rings. The van der Waals surface area contributed by atoms with E-state index >= 15 is 0 Å². The first-order chi connectivity index (χ1) is 8.81. The third-order valence-corrected chi connectivity index (χ3v) is 2.06. The second kappa shape index (κ2) is 8.52. The number of benzene rings is 1. The molecule has 0 atom stereocenters. The number of methoxy groups -OCH3 is 2. The highest BCUT2D eigenvalue weighted by Gasteiger charge is 2.03. The van der Waals surface area contributed by atoms with Gasteiger partial charge in [-0.25, -0.2) is 0 Å². The maximum absolute atomic E-state index is 8.80. The Morgan fingerprint density at radius 2 is 1.83 bits per heavy atom. The quantitative estimate of drug-likeness (QED) is 0.715. The minimum absolute atomic E-state index is 0.0348. The molecule has 100 valence electrons. The first-order valence-corrected chi connectivity index (χ1v) is 5.46. The summed E-state index contributed by atoms with van der Waals surface area (Å²) in [5.41, 5.74) is 0.801. The molecule has 0 unspecified atom stereocenters. The van der Waals surface area contributed by atoms with Crippen molar-refractivity contribution in [1.29, 1.82) is 0 Å². The monoisotopic (exact) mass is 254 g/mol. The predicted molar refractivity (Wildman–Crippen MR) is 67.6 cm³/mol. The van der Waals surface area contributed by atoms with Crippen LogP contribution < -0.4 is 9.47 Å². The summed E-state index contributed by atoms with van der Waals surface area (Å²) in [4.78, 5) is 0. The van der Waals surface area contributed by atoms with Crippen molar-refractivity contribution in [1.82, 2.24) is 0 Å². The number of rotatable bonds is 8. The first-order valence-electron chi connectivity index (χ1n) is 5.46. The molecular formula is C13H18O5. The van der Waals surface area contributed by atoms with Crippen molar-refractivity contribution in [3.8, 4) is 11.5 Å². The van der Waals surface area contributed by atoms with Gasteiger partial charge in [-0.3, -0.25) is 0 Å². The average molecular weight is 254 g/mol. The molecule has 0 bridgehead atoms. The molecule has 0 aliphatic rings. The van der Waals surface area contributed by atoms with Crippen LogP contribution in [-0.2, 0) is 9.47 Å². The standard InChI is InChI=1S/C13H18O5/c1-15-9-17-12-5-6-13(18-10-16-2)11(8-12)4-3-7-14/h3-6,8,14H,7,9-10H2,1-2H3/b4-3+. The van der Waals surface area contributed by atoms with Gasteiger partial charge < -0.3 is 24.1 Å². The fraction of sp³-hybridized carbons (Fsp3) is 0.385. The van der Waals surface area contributed by atoms with Gasteiger partial charge in [-0.05, 0) is 18.2 Å². The molecule has 5 nitrogen and oxygen atoms in total. The van der Waals surface area contributed by atoms with Gasteiger partial charge in [0.15, 0.2) is 13.6 Å². The second-order valence-corrected chi connectivity index (χ2v) is 3.39. The molecule has 0 saturated heterocycles. The summed E-state index contributed by atoms with van der Waals surface area (Å²) in [7, 11) is 3.11.